The largest absolute Gasteiger partial charge is 0.443 e. The molecule has 3 aromatic heterocycles. The molecule has 4 amide bonds. The third-order valence-electron chi connectivity index (χ3n) is 13.9. The molecule has 2 spiro atoms. The molecule has 1 atom stereocenters. The van der Waals surface area contributed by atoms with E-state index in [0.29, 0.717) is 48.6 Å². The van der Waals surface area contributed by atoms with Crippen LogP contribution in [0.15, 0.2) is 69.9 Å². The van der Waals surface area contributed by atoms with Crippen LogP contribution in [0.25, 0.3) is 34.2 Å². The van der Waals surface area contributed by atoms with E-state index in [9.17, 15) is 28.8 Å². The fourth-order valence-corrected chi connectivity index (χ4v) is 11.2. The lowest BCUT2D eigenvalue weighted by Gasteiger charge is -2.51. The minimum Gasteiger partial charge on any atom is -0.443 e. The number of carbonyl (C=O) groups excluding carboxylic acids is 6. The monoisotopic (exact) mass is 1170 g/mol. The number of aryl methyl sites for hydroxylation is 2. The molecule has 0 bridgehead atoms. The average Bonchev–Trinajstić information content (AvgIpc) is 3.68. The van der Waals surface area contributed by atoms with Crippen LogP contribution in [0, 0.1) is 0 Å². The molecule has 1 saturated heterocycles. The highest BCUT2D eigenvalue weighted by molar-refractivity contribution is 9.11. The number of aromatic amines is 1. The van der Waals surface area contributed by atoms with Crippen LogP contribution in [0.2, 0.25) is 0 Å². The summed E-state index contributed by atoms with van der Waals surface area (Å²) in [5.74, 6) is 0.570. The number of nitrogens with one attached hydrogen (secondary N) is 1. The zero-order chi connectivity index (χ0) is 51.5. The molecule has 4 aliphatic carbocycles. The van der Waals surface area contributed by atoms with Crippen molar-refractivity contribution in [3.8, 4) is 34.2 Å². The zero-order valence-corrected chi connectivity index (χ0v) is 45.9. The highest BCUT2D eigenvalue weighted by Crippen LogP contribution is 2.49. The Morgan fingerprint density at radius 2 is 1.18 bits per heavy atom. The number of ketones is 2. The van der Waals surface area contributed by atoms with Crippen molar-refractivity contribution >= 4 is 83.4 Å². The number of carbonyl (C=O) groups is 6. The van der Waals surface area contributed by atoms with Gasteiger partial charge in [0.25, 0.3) is 5.91 Å². The summed E-state index contributed by atoms with van der Waals surface area (Å²) in [7, 11) is 0. The molecule has 15 nitrogen and oxygen atoms in total. The maximum atomic E-state index is 13.9. The minimum atomic E-state index is -0.667. The lowest BCUT2D eigenvalue weighted by molar-refractivity contribution is -0.151. The van der Waals surface area contributed by atoms with Gasteiger partial charge in [0.15, 0.2) is 17.4 Å². The highest BCUT2D eigenvalue weighted by Gasteiger charge is 2.55. The molecule has 2 saturated carbocycles. The molecule has 2 aromatic carbocycles. The van der Waals surface area contributed by atoms with Crippen LogP contribution >= 0.6 is 47.8 Å². The van der Waals surface area contributed by atoms with Crippen LogP contribution in [0.3, 0.4) is 0 Å². The maximum absolute atomic E-state index is 13.9. The SMILES string of the molecule is CC(C)(C)OC(=O)N1C(=O)CC(=O)CC12CCC2.CC(C)(C)OC(=O)N1C(=O)c2c([nH]c3c2CCc2cnc(-c4ccc(Br)cc4)nc2-3)CC12CCC2.O=C1c2nc(-c3ccc(Br)cc3)ncc2CCC1Br. The van der Waals surface area contributed by atoms with E-state index < -0.39 is 40.4 Å². The number of Topliss-reactive ketones (excluding diaryl/α,β-unsaturated/α-hetero) is 2. The topological polar surface area (TPSA) is 195 Å². The van der Waals surface area contributed by atoms with Crippen molar-refractivity contribution < 1.29 is 38.2 Å². The normalized spacial score (nSPS) is 19.3. The van der Waals surface area contributed by atoms with Gasteiger partial charge in [-0.15, -0.1) is 0 Å². The molecule has 1 unspecified atom stereocenters. The third-order valence-corrected chi connectivity index (χ3v) is 15.8. The number of hydrogen-bond donors (Lipinski definition) is 1. The number of amides is 4. The molecule has 72 heavy (non-hydrogen) atoms. The lowest BCUT2D eigenvalue weighted by Crippen LogP contribution is -2.63. The van der Waals surface area contributed by atoms with Gasteiger partial charge in [-0.25, -0.2) is 39.3 Å². The van der Waals surface area contributed by atoms with Crippen molar-refractivity contribution in [1.29, 1.82) is 0 Å². The number of piperidine rings is 1. The van der Waals surface area contributed by atoms with Crippen molar-refractivity contribution in [2.45, 2.75) is 152 Å². The Morgan fingerprint density at radius 1 is 0.681 bits per heavy atom. The lowest BCUT2D eigenvalue weighted by atomic mass is 9.69. The van der Waals surface area contributed by atoms with Gasteiger partial charge in [-0.05, 0) is 147 Å². The number of nitrogens with zero attached hydrogens (tertiary/aromatic N) is 6. The second kappa shape index (κ2) is 19.8. The number of ether oxygens (including phenoxy) is 2. The maximum Gasteiger partial charge on any atom is 0.417 e. The van der Waals surface area contributed by atoms with E-state index in [1.807, 2.05) is 75.5 Å². The van der Waals surface area contributed by atoms with Gasteiger partial charge >= 0.3 is 12.2 Å². The Morgan fingerprint density at radius 3 is 1.69 bits per heavy atom. The second-order valence-electron chi connectivity index (χ2n) is 21.4. The van der Waals surface area contributed by atoms with E-state index >= 15 is 0 Å². The van der Waals surface area contributed by atoms with Gasteiger partial charge in [0.05, 0.1) is 39.3 Å². The van der Waals surface area contributed by atoms with E-state index in [1.54, 1.807) is 27.0 Å². The second-order valence-corrected chi connectivity index (χ2v) is 24.3. The standard InChI is InChI=1S/C27H27BrN4O3.C14H10Br2N2O.C13H19NO4/c1-26(2,3)35-25(34)32-24(33)20-18-10-7-16-14-29-23(15-5-8-17(28)9-6-15)31-21(16)22(18)30-19(20)13-27(32)11-4-12-27;15-10-4-1-8(2-5-10)14-17-7-9-3-6-11(16)13(19)12(9)18-14;1-12(2,3)18-11(17)14-10(16)7-9(15)8-13(14)5-4-6-13/h5-6,8-9,14,30H,4,7,10-13H2,1-3H3;1-2,4-5,7,11H,3,6H2;4-8H2,1-3H3. The molecular weight excluding hydrogens is 1110 g/mol. The van der Waals surface area contributed by atoms with Gasteiger partial charge < -0.3 is 14.5 Å². The van der Waals surface area contributed by atoms with Gasteiger partial charge in [-0.3, -0.25) is 19.2 Å². The molecule has 376 valence electrons. The van der Waals surface area contributed by atoms with E-state index in [-0.39, 0.29) is 35.1 Å². The Bertz CT molecular complexity index is 3010. The molecule has 18 heteroatoms. The van der Waals surface area contributed by atoms with Crippen molar-refractivity contribution in [2.75, 3.05) is 0 Å². The molecule has 3 fully saturated rings. The van der Waals surface area contributed by atoms with E-state index in [4.69, 9.17) is 14.5 Å². The van der Waals surface area contributed by atoms with Crippen LogP contribution in [0.4, 0.5) is 9.59 Å². The smallest absolute Gasteiger partial charge is 0.417 e. The van der Waals surface area contributed by atoms with Crippen LogP contribution < -0.4 is 0 Å². The first-order valence-corrected chi connectivity index (χ1v) is 26.9. The van der Waals surface area contributed by atoms with E-state index in [2.05, 4.69) is 67.7 Å². The number of benzene rings is 2. The van der Waals surface area contributed by atoms with E-state index in [1.165, 1.54) is 9.80 Å². The van der Waals surface area contributed by atoms with Crippen LogP contribution in [-0.4, -0.2) is 97.4 Å². The number of fused-ring (bicyclic) bond motifs is 6. The van der Waals surface area contributed by atoms with Gasteiger partial charge in [-0.1, -0.05) is 72.1 Å². The summed E-state index contributed by atoms with van der Waals surface area (Å²) in [5.41, 5.74) is 6.22. The number of alkyl halides is 1. The fraction of sp³-hybridized carbons (Fsp3) is 0.444. The van der Waals surface area contributed by atoms with Gasteiger partial charge in [0.2, 0.25) is 5.91 Å². The Hall–Kier alpha value is -5.46. The van der Waals surface area contributed by atoms with Gasteiger partial charge in [0, 0.05) is 51.0 Å². The Labute approximate surface area is 443 Å². The summed E-state index contributed by atoms with van der Waals surface area (Å²) in [4.78, 5) is 99.2. The minimum absolute atomic E-state index is 0.0574. The quantitative estimate of drug-likeness (QED) is 0.130. The first kappa shape index (κ1) is 51.4. The number of imide groups is 2. The van der Waals surface area contributed by atoms with Crippen molar-refractivity contribution in [3.63, 3.8) is 0 Å². The average molecular weight is 1170 g/mol. The molecule has 0 radical (unpaired) electrons. The Kier molecular flexibility index (Phi) is 14.1. The summed E-state index contributed by atoms with van der Waals surface area (Å²) in [5, 5.41) is 0. The number of H-pyrrole nitrogens is 1. The zero-order valence-electron chi connectivity index (χ0n) is 41.1. The third kappa shape index (κ3) is 10.4. The van der Waals surface area contributed by atoms with Gasteiger partial charge in [0.1, 0.15) is 22.7 Å². The van der Waals surface area contributed by atoms with Crippen molar-refractivity contribution in [2.24, 2.45) is 0 Å². The fourth-order valence-electron chi connectivity index (χ4n) is 10.3. The first-order valence-electron chi connectivity index (χ1n) is 24.4. The van der Waals surface area contributed by atoms with E-state index in [0.717, 1.165) is 98.8 Å². The van der Waals surface area contributed by atoms with Crippen molar-refractivity contribution in [1.82, 2.24) is 34.7 Å². The summed E-state index contributed by atoms with van der Waals surface area (Å²) in [6, 6.07) is 15.7. The molecule has 2 aliphatic heterocycles. The van der Waals surface area contributed by atoms with Crippen LogP contribution in [-0.2, 0) is 44.7 Å². The molecule has 1 N–H and O–H groups in total. The molecule has 6 aliphatic rings. The molecular formula is C54H56Br3N7O8. The number of halogens is 3. The summed E-state index contributed by atoms with van der Waals surface area (Å²) in [6.07, 6.45) is 11.3. The predicted octanol–water partition coefficient (Wildman–Crippen LogP) is 11.7. The number of hydrogen-bond acceptors (Lipinski definition) is 12. The van der Waals surface area contributed by atoms with Crippen LogP contribution in [0.5, 0.6) is 0 Å². The highest BCUT2D eigenvalue weighted by atomic mass is 79.9. The summed E-state index contributed by atoms with van der Waals surface area (Å²) < 4.78 is 12.9. The predicted molar refractivity (Wildman–Crippen MR) is 279 cm³/mol. The van der Waals surface area contributed by atoms with Crippen LogP contribution in [0.1, 0.15) is 143 Å². The van der Waals surface area contributed by atoms with Gasteiger partial charge in [-0.2, -0.15) is 0 Å². The molecule has 5 aromatic rings. The number of aromatic nitrogens is 5. The molecule has 11 rings (SSSR count). The summed E-state index contributed by atoms with van der Waals surface area (Å²) in [6.45, 7) is 10.8. The first-order chi connectivity index (χ1) is 34.0. The number of rotatable bonds is 2. The Balaban J connectivity index is 0.000000146. The number of likely N-dealkylation sites (tertiary alicyclic amines) is 1. The van der Waals surface area contributed by atoms with Crippen molar-refractivity contribution in [3.05, 3.63) is 104 Å². The molecule has 5 heterocycles. The summed E-state index contributed by atoms with van der Waals surface area (Å²) >= 11 is 10.3.